The van der Waals surface area contributed by atoms with Crippen LogP contribution in [0.4, 0.5) is 0 Å². The number of unbranched alkanes of at least 4 members (excludes halogenated alkanes) is 17. The van der Waals surface area contributed by atoms with Crippen molar-refractivity contribution in [3.63, 3.8) is 0 Å². The maximum atomic E-state index is 12.7. The molecule has 0 aromatic carbocycles. The molecule has 5 N–H and O–H groups in total. The lowest BCUT2D eigenvalue weighted by Gasteiger charge is -2.20. The van der Waals surface area contributed by atoms with Crippen LogP contribution < -0.4 is 5.73 Å². The van der Waals surface area contributed by atoms with Crippen LogP contribution in [0.1, 0.15) is 187 Å². The number of Topliss-reactive ketones (excluding diaryl/α,β-unsaturated/α-hetero) is 1. The summed E-state index contributed by atoms with van der Waals surface area (Å²) in [4.78, 5) is 47.7. The van der Waals surface area contributed by atoms with Crippen molar-refractivity contribution >= 4 is 25.5 Å². The summed E-state index contributed by atoms with van der Waals surface area (Å²) in [6.45, 7) is 3.34. The van der Waals surface area contributed by atoms with Crippen molar-refractivity contribution in [3.05, 3.63) is 36.5 Å². The van der Waals surface area contributed by atoms with Crippen LogP contribution in [0, 0.1) is 11.8 Å². The Labute approximate surface area is 363 Å². The predicted molar refractivity (Wildman–Crippen MR) is 239 cm³/mol. The van der Waals surface area contributed by atoms with Crippen LogP contribution in [0.2, 0.25) is 0 Å². The average molecular weight is 870 g/mol. The van der Waals surface area contributed by atoms with Gasteiger partial charge in [0.15, 0.2) is 6.10 Å². The monoisotopic (exact) mass is 870 g/mol. The van der Waals surface area contributed by atoms with Gasteiger partial charge in [-0.1, -0.05) is 147 Å². The number of rotatable bonds is 40. The zero-order chi connectivity index (χ0) is 44.1. The number of aliphatic hydroxyl groups excluding tert-OH is 2. The summed E-state index contributed by atoms with van der Waals surface area (Å²) in [7, 11) is -4.44. The Hall–Kier alpha value is -2.18. The van der Waals surface area contributed by atoms with E-state index in [1.807, 2.05) is 0 Å². The highest BCUT2D eigenvalue weighted by molar-refractivity contribution is 7.47. The molecule has 0 spiro atoms. The molecule has 0 heterocycles. The van der Waals surface area contributed by atoms with Crippen LogP contribution in [-0.2, 0) is 37.5 Å². The summed E-state index contributed by atoms with van der Waals surface area (Å²) in [6, 6.07) is 0. The van der Waals surface area contributed by atoms with Crippen LogP contribution in [0.25, 0.3) is 0 Å². The summed E-state index contributed by atoms with van der Waals surface area (Å²) in [5, 5.41) is 20.8. The second-order valence-corrected chi connectivity index (χ2v) is 17.9. The molecule has 1 unspecified atom stereocenters. The first kappa shape index (κ1) is 55.8. The fourth-order valence-electron chi connectivity index (χ4n) is 7.33. The molecule has 0 saturated heterocycles. The van der Waals surface area contributed by atoms with Crippen LogP contribution >= 0.6 is 7.82 Å². The van der Waals surface area contributed by atoms with E-state index in [1.54, 1.807) is 12.2 Å². The summed E-state index contributed by atoms with van der Waals surface area (Å²) >= 11 is 0. The molecule has 0 radical (unpaired) electrons. The minimum absolute atomic E-state index is 0.00433. The molecule has 1 aliphatic rings. The van der Waals surface area contributed by atoms with Gasteiger partial charge >= 0.3 is 19.8 Å². The smallest absolute Gasteiger partial charge is 0.462 e. The quantitative estimate of drug-likeness (QED) is 0.0197. The molecule has 60 heavy (non-hydrogen) atoms. The standard InChI is InChI=1S/C47H84NO11P/c1-3-5-7-8-9-10-11-12-13-14-15-16-17-18-19-20-21-22-28-32-47(53)59-41(39-58-60(54,55)57-36-35-48)38-56-46(52)31-27-24-23-26-30-42-43(45(51)37-44(42)50)34-33-40(49)29-25-6-4-2/h9-10,12-13,33-34,40-44,49-50H,3-8,11,14-32,35-39,48H2,1-2H3,(H,54,55)/b10-9-,13-12-,34-33+/t40-,41+,42+,43+,44-/m0/s1. The maximum Gasteiger partial charge on any atom is 0.472 e. The molecule has 12 nitrogen and oxygen atoms in total. The van der Waals surface area contributed by atoms with Crippen molar-refractivity contribution in [3.8, 4) is 0 Å². The van der Waals surface area contributed by atoms with Crippen molar-refractivity contribution in [1.29, 1.82) is 0 Å². The van der Waals surface area contributed by atoms with Gasteiger partial charge in [0.1, 0.15) is 12.4 Å². The van der Waals surface area contributed by atoms with E-state index in [-0.39, 0.29) is 56.6 Å². The van der Waals surface area contributed by atoms with Gasteiger partial charge in [-0.2, -0.15) is 0 Å². The summed E-state index contributed by atoms with van der Waals surface area (Å²) in [5.41, 5.74) is 5.35. The minimum atomic E-state index is -4.44. The largest absolute Gasteiger partial charge is 0.472 e. The molecule has 13 heteroatoms. The molecule has 0 aliphatic heterocycles. The van der Waals surface area contributed by atoms with E-state index in [0.717, 1.165) is 70.6 Å². The van der Waals surface area contributed by atoms with Gasteiger partial charge in [-0.25, -0.2) is 4.57 Å². The maximum absolute atomic E-state index is 12.7. The summed E-state index contributed by atoms with van der Waals surface area (Å²) < 4.78 is 32.8. The van der Waals surface area contributed by atoms with Gasteiger partial charge in [0.25, 0.3) is 0 Å². The normalized spacial score (nSPS) is 19.1. The number of phosphoric ester groups is 1. The molecule has 0 bridgehead atoms. The van der Waals surface area contributed by atoms with Gasteiger partial charge in [0.2, 0.25) is 0 Å². The van der Waals surface area contributed by atoms with Crippen molar-refractivity contribution in [2.75, 3.05) is 26.4 Å². The molecule has 1 aliphatic carbocycles. The van der Waals surface area contributed by atoms with E-state index in [9.17, 15) is 34.1 Å². The molecule has 0 aromatic heterocycles. The van der Waals surface area contributed by atoms with Gasteiger partial charge in [-0.3, -0.25) is 23.4 Å². The number of ketones is 1. The van der Waals surface area contributed by atoms with Crippen LogP contribution in [-0.4, -0.2) is 77.5 Å². The number of carbonyl (C=O) groups is 3. The Morgan fingerprint density at radius 1 is 0.767 bits per heavy atom. The Balaban J connectivity index is 2.32. The number of ether oxygens (including phenoxy) is 2. The fraction of sp³-hybridized carbons (Fsp3) is 0.809. The van der Waals surface area contributed by atoms with Crippen LogP contribution in [0.5, 0.6) is 0 Å². The van der Waals surface area contributed by atoms with Gasteiger partial charge in [0.05, 0.1) is 25.4 Å². The van der Waals surface area contributed by atoms with Crippen molar-refractivity contribution < 1.29 is 52.6 Å². The number of carbonyl (C=O) groups excluding carboxylic acids is 3. The average Bonchev–Trinajstić information content (AvgIpc) is 3.49. The molecular formula is C47H84NO11P. The van der Waals surface area contributed by atoms with Gasteiger partial charge < -0.3 is 30.3 Å². The highest BCUT2D eigenvalue weighted by Gasteiger charge is 2.39. The number of hydrogen-bond donors (Lipinski definition) is 4. The Morgan fingerprint density at radius 3 is 1.97 bits per heavy atom. The lowest BCUT2D eigenvalue weighted by molar-refractivity contribution is -0.161. The van der Waals surface area contributed by atoms with Crippen molar-refractivity contribution in [1.82, 2.24) is 0 Å². The van der Waals surface area contributed by atoms with Crippen molar-refractivity contribution in [2.24, 2.45) is 17.6 Å². The number of nitrogens with two attached hydrogens (primary N) is 1. The second-order valence-electron chi connectivity index (χ2n) is 16.4. The Morgan fingerprint density at radius 2 is 1.33 bits per heavy atom. The molecule has 6 atom stereocenters. The van der Waals surface area contributed by atoms with E-state index < -0.39 is 44.7 Å². The zero-order valence-electron chi connectivity index (χ0n) is 37.4. The van der Waals surface area contributed by atoms with E-state index >= 15 is 0 Å². The number of aliphatic hydroxyl groups is 2. The molecule has 1 fully saturated rings. The first-order valence-electron chi connectivity index (χ1n) is 23.6. The van der Waals surface area contributed by atoms with Gasteiger partial charge in [0, 0.05) is 31.7 Å². The molecule has 1 rings (SSSR count). The summed E-state index contributed by atoms with van der Waals surface area (Å²) in [5.74, 6) is -1.55. The summed E-state index contributed by atoms with van der Waals surface area (Å²) in [6.07, 6.45) is 35.0. The highest BCUT2D eigenvalue weighted by atomic mass is 31.2. The lowest BCUT2D eigenvalue weighted by Crippen LogP contribution is -2.29. The highest BCUT2D eigenvalue weighted by Crippen LogP contribution is 2.43. The van der Waals surface area contributed by atoms with E-state index in [4.69, 9.17) is 24.3 Å². The molecule has 1 saturated carbocycles. The third-order valence-corrected chi connectivity index (χ3v) is 11.9. The van der Waals surface area contributed by atoms with Crippen LogP contribution in [0.15, 0.2) is 36.5 Å². The third kappa shape index (κ3) is 30.8. The number of allylic oxidation sites excluding steroid dienone is 5. The first-order valence-corrected chi connectivity index (χ1v) is 25.1. The lowest BCUT2D eigenvalue weighted by atomic mass is 9.88. The van der Waals surface area contributed by atoms with E-state index in [1.165, 1.54) is 57.8 Å². The molecule has 0 amide bonds. The van der Waals surface area contributed by atoms with Crippen LogP contribution in [0.3, 0.4) is 0 Å². The number of esters is 2. The SMILES string of the molecule is CCCCC/C=C\C/C=C\CCCCCCCCCCCC(=O)O[C@H](COC(=O)CCCCCC[C@H]1[C@@H](O)CC(=O)[C@@H]1/C=C/[C@@H](O)CCCCC)COP(=O)(O)OCCN. The minimum Gasteiger partial charge on any atom is -0.462 e. The van der Waals surface area contributed by atoms with Gasteiger partial charge in [-0.05, 0) is 63.7 Å². The molecule has 348 valence electrons. The predicted octanol–water partition coefficient (Wildman–Crippen LogP) is 10.3. The molecular weight excluding hydrogens is 785 g/mol. The topological polar surface area (TPSA) is 192 Å². The van der Waals surface area contributed by atoms with E-state index in [2.05, 4.69) is 38.2 Å². The number of phosphoric acid groups is 1. The Kier molecular flexibility index (Phi) is 34.8. The third-order valence-electron chi connectivity index (χ3n) is 10.9. The fourth-order valence-corrected chi connectivity index (χ4v) is 8.10. The first-order chi connectivity index (χ1) is 29.0. The van der Waals surface area contributed by atoms with E-state index in [0.29, 0.717) is 25.7 Å². The number of hydrogen-bond acceptors (Lipinski definition) is 11. The second kappa shape index (κ2) is 37.4. The van der Waals surface area contributed by atoms with Crippen molar-refractivity contribution in [2.45, 2.75) is 206 Å². The van der Waals surface area contributed by atoms with Gasteiger partial charge in [-0.15, -0.1) is 0 Å². The Bertz CT molecular complexity index is 1240. The molecule has 0 aromatic rings. The zero-order valence-corrected chi connectivity index (χ0v) is 38.3.